The standard InChI is InChI=1S/C24H19F4N3O2/c1-14-8-9-29-11-19(14)31-12-16-5-3-7-18(22(16)20(32)13-31)30-21(33)10-15-4-2-6-17(23(15)25)24(26,27)28/h2-9,11H,10,12-13H2,1H3,(H,30,33). The summed E-state index contributed by atoms with van der Waals surface area (Å²) in [7, 11) is 0. The average Bonchev–Trinajstić information content (AvgIpc) is 2.74. The van der Waals surface area contributed by atoms with Crippen LogP contribution in [0.15, 0.2) is 54.9 Å². The van der Waals surface area contributed by atoms with Crippen molar-refractivity contribution >= 4 is 23.1 Å². The van der Waals surface area contributed by atoms with Crippen LogP contribution in [0.1, 0.15) is 32.6 Å². The van der Waals surface area contributed by atoms with E-state index in [0.29, 0.717) is 23.7 Å². The van der Waals surface area contributed by atoms with Gasteiger partial charge in [0.15, 0.2) is 5.78 Å². The SMILES string of the molecule is Cc1ccncc1N1CC(=O)c2c(cccc2NC(=O)Cc2cccc(C(F)(F)F)c2F)C1. The lowest BCUT2D eigenvalue weighted by atomic mass is 9.95. The first-order valence-electron chi connectivity index (χ1n) is 10.1. The number of anilines is 2. The predicted molar refractivity (Wildman–Crippen MR) is 115 cm³/mol. The number of Topliss-reactive ketones (excluding diaryl/α,β-unsaturated/α-hetero) is 1. The maximum absolute atomic E-state index is 14.3. The van der Waals surface area contributed by atoms with E-state index in [9.17, 15) is 27.2 Å². The number of carbonyl (C=O) groups excluding carboxylic acids is 2. The molecule has 170 valence electrons. The van der Waals surface area contributed by atoms with E-state index in [-0.39, 0.29) is 23.6 Å². The Hall–Kier alpha value is -3.75. The molecule has 0 bridgehead atoms. The number of hydrogen-bond donors (Lipinski definition) is 1. The molecule has 1 aromatic heterocycles. The van der Waals surface area contributed by atoms with Crippen molar-refractivity contribution in [1.29, 1.82) is 0 Å². The highest BCUT2D eigenvalue weighted by Crippen LogP contribution is 2.33. The molecule has 5 nitrogen and oxygen atoms in total. The molecule has 0 aliphatic carbocycles. The van der Waals surface area contributed by atoms with Crippen LogP contribution in [0.5, 0.6) is 0 Å². The first kappa shape index (κ1) is 22.4. The minimum Gasteiger partial charge on any atom is -0.358 e. The van der Waals surface area contributed by atoms with E-state index in [1.807, 2.05) is 17.9 Å². The molecule has 0 fully saturated rings. The number of amides is 1. The van der Waals surface area contributed by atoms with Crippen LogP contribution in [0, 0.1) is 12.7 Å². The van der Waals surface area contributed by atoms with Crippen LogP contribution in [0.3, 0.4) is 0 Å². The fourth-order valence-corrected chi connectivity index (χ4v) is 3.94. The number of carbonyl (C=O) groups is 2. The van der Waals surface area contributed by atoms with Crippen LogP contribution in [-0.4, -0.2) is 23.2 Å². The number of aryl methyl sites for hydroxylation is 1. The van der Waals surface area contributed by atoms with Crippen molar-refractivity contribution in [1.82, 2.24) is 4.98 Å². The number of rotatable bonds is 4. The molecule has 1 aliphatic heterocycles. The summed E-state index contributed by atoms with van der Waals surface area (Å²) < 4.78 is 53.1. The van der Waals surface area contributed by atoms with Crippen molar-refractivity contribution in [2.75, 3.05) is 16.8 Å². The van der Waals surface area contributed by atoms with Gasteiger partial charge in [0.1, 0.15) is 5.82 Å². The lowest BCUT2D eigenvalue weighted by molar-refractivity contribution is -0.140. The van der Waals surface area contributed by atoms with E-state index in [1.165, 1.54) is 0 Å². The summed E-state index contributed by atoms with van der Waals surface area (Å²) in [5, 5.41) is 2.56. The third kappa shape index (κ3) is 4.57. The quantitative estimate of drug-likeness (QED) is 0.565. The third-order valence-electron chi connectivity index (χ3n) is 5.49. The predicted octanol–water partition coefficient (Wildman–Crippen LogP) is 4.93. The van der Waals surface area contributed by atoms with Gasteiger partial charge in [-0.2, -0.15) is 13.2 Å². The van der Waals surface area contributed by atoms with E-state index in [4.69, 9.17) is 0 Å². The molecule has 0 saturated heterocycles. The minimum absolute atomic E-state index is 0.0780. The fourth-order valence-electron chi connectivity index (χ4n) is 3.94. The molecule has 0 atom stereocenters. The maximum Gasteiger partial charge on any atom is 0.419 e. The van der Waals surface area contributed by atoms with Gasteiger partial charge < -0.3 is 10.2 Å². The largest absolute Gasteiger partial charge is 0.419 e. The van der Waals surface area contributed by atoms with Gasteiger partial charge in [0, 0.05) is 18.3 Å². The number of ketones is 1. The van der Waals surface area contributed by atoms with Crippen LogP contribution in [-0.2, 0) is 23.9 Å². The molecule has 2 heterocycles. The monoisotopic (exact) mass is 457 g/mol. The second-order valence-electron chi connectivity index (χ2n) is 7.78. The molecule has 1 N–H and O–H groups in total. The van der Waals surface area contributed by atoms with Gasteiger partial charge in [-0.25, -0.2) is 4.39 Å². The molecule has 2 aromatic carbocycles. The Kier molecular flexibility index (Phi) is 5.88. The van der Waals surface area contributed by atoms with Gasteiger partial charge in [-0.3, -0.25) is 14.6 Å². The Bertz CT molecular complexity index is 1240. The number of hydrogen-bond acceptors (Lipinski definition) is 4. The molecule has 4 rings (SSSR count). The summed E-state index contributed by atoms with van der Waals surface area (Å²) in [5.41, 5.74) is 1.27. The fraction of sp³-hybridized carbons (Fsp3) is 0.208. The molecule has 1 aliphatic rings. The lowest BCUT2D eigenvalue weighted by Gasteiger charge is -2.31. The van der Waals surface area contributed by atoms with Crippen molar-refractivity contribution < 1.29 is 27.2 Å². The van der Waals surface area contributed by atoms with Gasteiger partial charge in [0.05, 0.1) is 36.1 Å². The van der Waals surface area contributed by atoms with Crippen molar-refractivity contribution in [3.63, 3.8) is 0 Å². The van der Waals surface area contributed by atoms with Crippen molar-refractivity contribution in [2.45, 2.75) is 26.1 Å². The Morgan fingerprint density at radius 2 is 1.88 bits per heavy atom. The topological polar surface area (TPSA) is 62.3 Å². The Labute approximate surface area is 187 Å². The maximum atomic E-state index is 14.3. The number of aromatic nitrogens is 1. The normalized spacial score (nSPS) is 13.6. The summed E-state index contributed by atoms with van der Waals surface area (Å²) in [5.74, 6) is -2.42. The van der Waals surface area contributed by atoms with E-state index < -0.39 is 29.9 Å². The van der Waals surface area contributed by atoms with E-state index in [1.54, 1.807) is 30.6 Å². The summed E-state index contributed by atoms with van der Waals surface area (Å²) in [6.45, 7) is 2.41. The molecule has 0 unspecified atom stereocenters. The highest BCUT2D eigenvalue weighted by atomic mass is 19.4. The first-order valence-corrected chi connectivity index (χ1v) is 10.1. The molecule has 1 amide bonds. The number of pyridine rings is 1. The number of fused-ring (bicyclic) bond motifs is 1. The Balaban J connectivity index is 1.56. The van der Waals surface area contributed by atoms with Gasteiger partial charge in [0.25, 0.3) is 0 Å². The summed E-state index contributed by atoms with van der Waals surface area (Å²) in [4.78, 5) is 31.5. The van der Waals surface area contributed by atoms with E-state index >= 15 is 0 Å². The molecule has 0 spiro atoms. The van der Waals surface area contributed by atoms with E-state index in [0.717, 1.165) is 23.4 Å². The highest BCUT2D eigenvalue weighted by molar-refractivity contribution is 6.09. The number of nitrogens with zero attached hydrogens (tertiary/aromatic N) is 2. The molecular weight excluding hydrogens is 438 g/mol. The zero-order valence-corrected chi connectivity index (χ0v) is 17.5. The van der Waals surface area contributed by atoms with E-state index in [2.05, 4.69) is 10.3 Å². The zero-order chi connectivity index (χ0) is 23.8. The highest BCUT2D eigenvalue weighted by Gasteiger charge is 2.35. The molecular formula is C24H19F4N3O2. The van der Waals surface area contributed by atoms with Crippen LogP contribution in [0.25, 0.3) is 0 Å². The minimum atomic E-state index is -4.86. The number of benzene rings is 2. The second kappa shape index (κ2) is 8.65. The summed E-state index contributed by atoms with van der Waals surface area (Å²) in [6, 6.07) is 9.64. The van der Waals surface area contributed by atoms with Crippen LogP contribution < -0.4 is 10.2 Å². The van der Waals surface area contributed by atoms with Crippen LogP contribution in [0.2, 0.25) is 0 Å². The van der Waals surface area contributed by atoms with Gasteiger partial charge in [-0.15, -0.1) is 0 Å². The molecule has 0 saturated carbocycles. The van der Waals surface area contributed by atoms with Gasteiger partial charge in [0.2, 0.25) is 5.91 Å². The van der Waals surface area contributed by atoms with Gasteiger partial charge >= 0.3 is 6.18 Å². The third-order valence-corrected chi connectivity index (χ3v) is 5.49. The first-order chi connectivity index (χ1) is 15.6. The Morgan fingerprint density at radius 1 is 1.12 bits per heavy atom. The zero-order valence-electron chi connectivity index (χ0n) is 17.5. The molecule has 33 heavy (non-hydrogen) atoms. The van der Waals surface area contributed by atoms with Crippen molar-refractivity contribution in [3.05, 3.63) is 88.5 Å². The number of nitrogens with one attached hydrogen (secondary N) is 1. The average molecular weight is 457 g/mol. The van der Waals surface area contributed by atoms with Crippen molar-refractivity contribution in [3.8, 4) is 0 Å². The smallest absolute Gasteiger partial charge is 0.358 e. The molecule has 3 aromatic rings. The molecule has 0 radical (unpaired) electrons. The number of halogens is 4. The Morgan fingerprint density at radius 3 is 2.61 bits per heavy atom. The summed E-state index contributed by atoms with van der Waals surface area (Å²) in [6.07, 6.45) is -2.11. The van der Waals surface area contributed by atoms with Crippen LogP contribution >= 0.6 is 0 Å². The van der Waals surface area contributed by atoms with Crippen LogP contribution in [0.4, 0.5) is 28.9 Å². The lowest BCUT2D eigenvalue weighted by Crippen LogP contribution is -2.36. The number of alkyl halides is 3. The second-order valence-corrected chi connectivity index (χ2v) is 7.78. The van der Waals surface area contributed by atoms with Gasteiger partial charge in [-0.1, -0.05) is 24.3 Å². The van der Waals surface area contributed by atoms with Crippen molar-refractivity contribution in [2.24, 2.45) is 0 Å². The van der Waals surface area contributed by atoms with Gasteiger partial charge in [-0.05, 0) is 41.8 Å². The molecule has 9 heteroatoms. The summed E-state index contributed by atoms with van der Waals surface area (Å²) >= 11 is 0.